The summed E-state index contributed by atoms with van der Waals surface area (Å²) in [6.45, 7) is -0.817. The third-order valence-electron chi connectivity index (χ3n) is 3.91. The maximum absolute atomic E-state index is 11.9. The number of rotatable bonds is 6. The number of nitrogens with one attached hydrogen (secondary N) is 2. The molecule has 7 nitrogen and oxygen atoms in total. The van der Waals surface area contributed by atoms with Gasteiger partial charge >= 0.3 is 5.97 Å². The fourth-order valence-corrected chi connectivity index (χ4v) is 2.86. The lowest BCUT2D eigenvalue weighted by molar-refractivity contribution is -0.147. The van der Waals surface area contributed by atoms with Crippen molar-refractivity contribution in [2.75, 3.05) is 13.2 Å². The van der Waals surface area contributed by atoms with Gasteiger partial charge in [-0.3, -0.25) is 14.4 Å². The van der Waals surface area contributed by atoms with Gasteiger partial charge in [0.15, 0.2) is 6.61 Å². The zero-order chi connectivity index (χ0) is 18.3. The van der Waals surface area contributed by atoms with Crippen LogP contribution in [0.25, 0.3) is 0 Å². The Labute approximate surface area is 153 Å². The van der Waals surface area contributed by atoms with Gasteiger partial charge in [0.2, 0.25) is 0 Å². The molecule has 0 heterocycles. The monoisotopic (exact) mass is 407 g/mol. The van der Waals surface area contributed by atoms with E-state index in [0.717, 1.165) is 17.3 Å². The van der Waals surface area contributed by atoms with Crippen molar-refractivity contribution in [2.45, 2.75) is 31.2 Å². The molecule has 0 radical (unpaired) electrons. The average Bonchev–Trinajstić information content (AvgIpc) is 3.07. The van der Waals surface area contributed by atoms with E-state index in [2.05, 4.69) is 32.6 Å². The molecular weight excluding hydrogens is 390 g/mol. The Morgan fingerprint density at radius 2 is 1.84 bits per heavy atom. The van der Waals surface area contributed by atoms with Crippen LogP contribution in [0.15, 0.2) is 28.7 Å². The predicted molar refractivity (Wildman–Crippen MR) is 92.4 cm³/mol. The molecule has 0 aliphatic heterocycles. The lowest BCUT2D eigenvalue weighted by atomic mass is 10.00. The molecule has 1 aliphatic carbocycles. The summed E-state index contributed by atoms with van der Waals surface area (Å²) >= 11 is 3.27. The Morgan fingerprint density at radius 3 is 2.44 bits per heavy atom. The van der Waals surface area contributed by atoms with Crippen LogP contribution in [0, 0.1) is 11.3 Å². The first-order valence-electron chi connectivity index (χ1n) is 7.86. The van der Waals surface area contributed by atoms with Crippen LogP contribution in [0.5, 0.6) is 0 Å². The molecule has 1 aromatic rings. The van der Waals surface area contributed by atoms with Gasteiger partial charge in [-0.15, -0.1) is 0 Å². The zero-order valence-corrected chi connectivity index (χ0v) is 15.1. The van der Waals surface area contributed by atoms with Gasteiger partial charge < -0.3 is 15.4 Å². The minimum Gasteiger partial charge on any atom is -0.454 e. The number of hydrogen-bond acceptors (Lipinski definition) is 5. The van der Waals surface area contributed by atoms with Gasteiger partial charge in [0, 0.05) is 10.0 Å². The molecule has 25 heavy (non-hydrogen) atoms. The first-order chi connectivity index (χ1) is 11.9. The fourth-order valence-electron chi connectivity index (χ4n) is 2.60. The second-order valence-corrected chi connectivity index (χ2v) is 6.72. The first-order valence-corrected chi connectivity index (χ1v) is 8.65. The number of carbonyl (C=O) groups excluding carboxylic acids is 3. The van der Waals surface area contributed by atoms with E-state index >= 15 is 0 Å². The van der Waals surface area contributed by atoms with E-state index in [1.807, 2.05) is 0 Å². The van der Waals surface area contributed by atoms with Crippen LogP contribution in [0.1, 0.15) is 36.0 Å². The molecule has 1 fully saturated rings. The molecule has 2 amide bonds. The maximum Gasteiger partial charge on any atom is 0.325 e. The summed E-state index contributed by atoms with van der Waals surface area (Å²) in [6.07, 6.45) is 2.98. The molecule has 0 unspecified atom stereocenters. The van der Waals surface area contributed by atoms with E-state index in [-0.39, 0.29) is 6.54 Å². The number of nitriles is 1. The highest BCUT2D eigenvalue weighted by molar-refractivity contribution is 9.10. The predicted octanol–water partition coefficient (Wildman–Crippen LogP) is 1.67. The Balaban J connectivity index is 1.71. The van der Waals surface area contributed by atoms with E-state index in [1.54, 1.807) is 24.3 Å². The van der Waals surface area contributed by atoms with Gasteiger partial charge in [0.25, 0.3) is 11.8 Å². The summed E-state index contributed by atoms with van der Waals surface area (Å²) < 4.78 is 5.67. The van der Waals surface area contributed by atoms with Crippen LogP contribution in [0.3, 0.4) is 0 Å². The van der Waals surface area contributed by atoms with Crippen molar-refractivity contribution >= 4 is 33.7 Å². The summed E-state index contributed by atoms with van der Waals surface area (Å²) in [5, 5.41) is 14.2. The Morgan fingerprint density at radius 1 is 1.20 bits per heavy atom. The number of amides is 2. The topological polar surface area (TPSA) is 108 Å². The van der Waals surface area contributed by atoms with Crippen molar-refractivity contribution < 1.29 is 19.1 Å². The van der Waals surface area contributed by atoms with Crippen molar-refractivity contribution in [3.63, 3.8) is 0 Å². The minimum absolute atomic E-state index is 0.342. The molecule has 1 aliphatic rings. The number of halogens is 1. The summed E-state index contributed by atoms with van der Waals surface area (Å²) in [4.78, 5) is 35.3. The molecule has 0 aromatic heterocycles. The summed E-state index contributed by atoms with van der Waals surface area (Å²) in [5.41, 5.74) is -0.440. The Bertz CT molecular complexity index is 691. The van der Waals surface area contributed by atoms with Gasteiger partial charge in [0.1, 0.15) is 12.1 Å². The number of nitrogens with zero attached hydrogens (tertiary/aromatic N) is 1. The normalized spacial score (nSPS) is 15.0. The second-order valence-electron chi connectivity index (χ2n) is 5.80. The standard InChI is InChI=1S/C17H18BrN3O4/c18-13-5-3-12(4-6-13)16(24)20-9-15(23)25-10-14(22)21-17(11-19)7-1-2-8-17/h3-6H,1-2,7-10H2,(H,20,24)(H,21,22). The van der Waals surface area contributed by atoms with Crippen molar-refractivity contribution in [3.05, 3.63) is 34.3 Å². The van der Waals surface area contributed by atoms with E-state index in [1.165, 1.54) is 0 Å². The second kappa shape index (κ2) is 8.62. The zero-order valence-electron chi connectivity index (χ0n) is 13.5. The van der Waals surface area contributed by atoms with Gasteiger partial charge in [0.05, 0.1) is 6.07 Å². The smallest absolute Gasteiger partial charge is 0.325 e. The highest BCUT2D eigenvalue weighted by Gasteiger charge is 2.35. The van der Waals surface area contributed by atoms with Crippen molar-refractivity contribution in [3.8, 4) is 6.07 Å². The van der Waals surface area contributed by atoms with E-state index < -0.39 is 29.9 Å². The lowest BCUT2D eigenvalue weighted by Gasteiger charge is -2.21. The molecule has 2 rings (SSSR count). The number of ether oxygens (including phenoxy) is 1. The maximum atomic E-state index is 11.9. The van der Waals surface area contributed by atoms with Crippen LogP contribution in [-0.2, 0) is 14.3 Å². The third-order valence-corrected chi connectivity index (χ3v) is 4.44. The number of hydrogen-bond donors (Lipinski definition) is 2. The molecule has 1 saturated carbocycles. The summed E-state index contributed by atoms with van der Waals surface area (Å²) in [7, 11) is 0. The van der Waals surface area contributed by atoms with Crippen LogP contribution in [0.4, 0.5) is 0 Å². The van der Waals surface area contributed by atoms with Crippen molar-refractivity contribution in [1.29, 1.82) is 5.26 Å². The van der Waals surface area contributed by atoms with Gasteiger partial charge in [-0.05, 0) is 49.9 Å². The molecule has 2 N–H and O–H groups in total. The van der Waals surface area contributed by atoms with Crippen molar-refractivity contribution in [1.82, 2.24) is 10.6 Å². The minimum atomic E-state index is -0.848. The van der Waals surface area contributed by atoms with Crippen LogP contribution in [0.2, 0.25) is 0 Å². The van der Waals surface area contributed by atoms with E-state index in [9.17, 15) is 19.6 Å². The summed E-state index contributed by atoms with van der Waals surface area (Å²) in [6, 6.07) is 8.78. The molecular formula is C17H18BrN3O4. The highest BCUT2D eigenvalue weighted by atomic mass is 79.9. The average molecular weight is 408 g/mol. The van der Waals surface area contributed by atoms with E-state index in [0.29, 0.717) is 18.4 Å². The van der Waals surface area contributed by atoms with Gasteiger partial charge in [-0.1, -0.05) is 15.9 Å². The highest BCUT2D eigenvalue weighted by Crippen LogP contribution is 2.28. The van der Waals surface area contributed by atoms with Crippen LogP contribution >= 0.6 is 15.9 Å². The lowest BCUT2D eigenvalue weighted by Crippen LogP contribution is -2.47. The quantitative estimate of drug-likeness (QED) is 0.697. The Kier molecular flexibility index (Phi) is 6.53. The number of benzene rings is 1. The molecule has 0 saturated heterocycles. The molecule has 8 heteroatoms. The van der Waals surface area contributed by atoms with Gasteiger partial charge in [-0.2, -0.15) is 5.26 Å². The Hall–Kier alpha value is -2.40. The largest absolute Gasteiger partial charge is 0.454 e. The SMILES string of the molecule is N#CC1(NC(=O)COC(=O)CNC(=O)c2ccc(Br)cc2)CCCC1. The number of esters is 1. The first kappa shape index (κ1) is 18.9. The van der Waals surface area contributed by atoms with Crippen LogP contribution in [-0.4, -0.2) is 36.5 Å². The third kappa shape index (κ3) is 5.57. The fraction of sp³-hybridized carbons (Fsp3) is 0.412. The molecule has 132 valence electrons. The van der Waals surface area contributed by atoms with Crippen LogP contribution < -0.4 is 10.6 Å². The molecule has 1 aromatic carbocycles. The van der Waals surface area contributed by atoms with Gasteiger partial charge in [-0.25, -0.2) is 0 Å². The summed E-state index contributed by atoms with van der Waals surface area (Å²) in [5.74, 6) is -1.66. The van der Waals surface area contributed by atoms with Crippen molar-refractivity contribution in [2.24, 2.45) is 0 Å². The molecule has 0 bridgehead atoms. The van der Waals surface area contributed by atoms with E-state index in [4.69, 9.17) is 4.74 Å². The molecule has 0 atom stereocenters. The number of carbonyl (C=O) groups is 3. The molecule has 0 spiro atoms.